The first-order valence-electron chi connectivity index (χ1n) is 4.95. The zero-order valence-corrected chi connectivity index (χ0v) is 8.33. The Balaban J connectivity index is 2.23. The second kappa shape index (κ2) is 3.14. The molecule has 0 spiro atoms. The number of aryl methyl sites for hydroxylation is 1. The highest BCUT2D eigenvalue weighted by Crippen LogP contribution is 2.41. The molecule has 2 N–H and O–H groups in total. The van der Waals surface area contributed by atoms with E-state index in [1.165, 1.54) is 24.1 Å². The van der Waals surface area contributed by atoms with Crippen molar-refractivity contribution in [3.05, 3.63) is 17.5 Å². The normalized spacial score (nSPS) is 19.0. The molecule has 1 fully saturated rings. The van der Waals surface area contributed by atoms with E-state index >= 15 is 0 Å². The lowest BCUT2D eigenvalue weighted by molar-refractivity contribution is 0.646. The Hall–Kier alpha value is -0.830. The molecule has 1 aliphatic carbocycles. The Kier molecular flexibility index (Phi) is 2.12. The Bertz CT molecular complexity index is 297. The van der Waals surface area contributed by atoms with Crippen molar-refractivity contribution in [2.24, 2.45) is 12.8 Å². The molecule has 0 aliphatic heterocycles. The smallest absolute Gasteiger partial charge is 0.0527 e. The average Bonchev–Trinajstić information content (AvgIpc) is 2.81. The van der Waals surface area contributed by atoms with Gasteiger partial charge in [0.05, 0.1) is 6.20 Å². The molecule has 1 aromatic heterocycles. The monoisotopic (exact) mass is 179 g/mol. The summed E-state index contributed by atoms with van der Waals surface area (Å²) in [6.07, 6.45) is 5.62. The van der Waals surface area contributed by atoms with E-state index in [9.17, 15) is 0 Å². The third-order valence-corrected chi connectivity index (χ3v) is 2.63. The van der Waals surface area contributed by atoms with E-state index in [1.54, 1.807) is 0 Å². The molecule has 1 heterocycles. The molecule has 72 valence electrons. The number of hydrogen-bond donors (Lipinski definition) is 1. The van der Waals surface area contributed by atoms with Crippen molar-refractivity contribution < 1.29 is 0 Å². The van der Waals surface area contributed by atoms with Gasteiger partial charge in [-0.15, -0.1) is 0 Å². The van der Waals surface area contributed by atoms with Gasteiger partial charge in [0.15, 0.2) is 0 Å². The van der Waals surface area contributed by atoms with E-state index in [4.69, 9.17) is 5.73 Å². The first kappa shape index (κ1) is 8.75. The third kappa shape index (κ3) is 1.75. The van der Waals surface area contributed by atoms with Gasteiger partial charge in [0.1, 0.15) is 0 Å². The number of rotatable bonds is 3. The van der Waals surface area contributed by atoms with Crippen LogP contribution in [0, 0.1) is 0 Å². The van der Waals surface area contributed by atoms with Crippen molar-refractivity contribution in [1.29, 1.82) is 0 Å². The summed E-state index contributed by atoms with van der Waals surface area (Å²) in [4.78, 5) is 0. The summed E-state index contributed by atoms with van der Waals surface area (Å²) >= 11 is 0. The quantitative estimate of drug-likeness (QED) is 0.757. The Morgan fingerprint density at radius 1 is 1.69 bits per heavy atom. The molecule has 13 heavy (non-hydrogen) atoms. The third-order valence-electron chi connectivity index (χ3n) is 2.63. The summed E-state index contributed by atoms with van der Waals surface area (Å²) in [6.45, 7) is 2.05. The molecule has 0 aromatic carbocycles. The summed E-state index contributed by atoms with van der Waals surface area (Å²) < 4.78 is 1.97. The zero-order chi connectivity index (χ0) is 9.42. The van der Waals surface area contributed by atoms with E-state index in [1.807, 2.05) is 24.9 Å². The van der Waals surface area contributed by atoms with Crippen LogP contribution in [0.25, 0.3) is 0 Å². The number of nitrogens with zero attached hydrogens (tertiary/aromatic N) is 2. The highest BCUT2D eigenvalue weighted by molar-refractivity contribution is 5.27. The van der Waals surface area contributed by atoms with E-state index in [0.717, 1.165) is 12.3 Å². The molecule has 3 nitrogen and oxygen atoms in total. The topological polar surface area (TPSA) is 43.8 Å². The minimum Gasteiger partial charge on any atom is -0.328 e. The minimum absolute atomic E-state index is 0.230. The first-order chi connectivity index (χ1) is 6.18. The van der Waals surface area contributed by atoms with Gasteiger partial charge in [-0.3, -0.25) is 4.68 Å². The summed E-state index contributed by atoms with van der Waals surface area (Å²) in [5, 5.41) is 4.29. The van der Waals surface area contributed by atoms with E-state index < -0.39 is 0 Å². The lowest BCUT2D eigenvalue weighted by Gasteiger charge is -2.07. The fraction of sp³-hybridized carbons (Fsp3) is 0.700. The maximum atomic E-state index is 5.80. The van der Waals surface area contributed by atoms with Gasteiger partial charge in [-0.25, -0.2) is 0 Å². The maximum Gasteiger partial charge on any atom is 0.0527 e. The summed E-state index contributed by atoms with van der Waals surface area (Å²) in [5.41, 5.74) is 8.56. The minimum atomic E-state index is 0.230. The molecule has 1 atom stereocenters. The highest BCUT2D eigenvalue weighted by atomic mass is 15.3. The zero-order valence-electron chi connectivity index (χ0n) is 8.33. The van der Waals surface area contributed by atoms with Gasteiger partial charge in [-0.2, -0.15) is 5.10 Å². The standard InChI is InChI=1S/C10H17N3/c1-7(11)5-10-9(8-3-4-8)6-12-13(10)2/h6-8H,3-5,11H2,1-2H3. The van der Waals surface area contributed by atoms with Gasteiger partial charge in [0.2, 0.25) is 0 Å². The molecule has 1 aromatic rings. The summed E-state index contributed by atoms with van der Waals surface area (Å²) in [7, 11) is 2.00. The second-order valence-corrected chi connectivity index (χ2v) is 4.13. The summed E-state index contributed by atoms with van der Waals surface area (Å²) in [6, 6.07) is 0.230. The van der Waals surface area contributed by atoms with E-state index in [0.29, 0.717) is 0 Å². The molecule has 3 heteroatoms. The van der Waals surface area contributed by atoms with E-state index in [2.05, 4.69) is 5.10 Å². The Labute approximate surface area is 78.9 Å². The number of nitrogens with two attached hydrogens (primary N) is 1. The van der Waals surface area contributed by atoms with Crippen molar-refractivity contribution in [2.75, 3.05) is 0 Å². The molecule has 2 rings (SSSR count). The van der Waals surface area contributed by atoms with Crippen LogP contribution in [0.1, 0.15) is 36.9 Å². The van der Waals surface area contributed by atoms with Crippen molar-refractivity contribution >= 4 is 0 Å². The first-order valence-corrected chi connectivity index (χ1v) is 4.95. The highest BCUT2D eigenvalue weighted by Gasteiger charge is 2.28. The van der Waals surface area contributed by atoms with E-state index in [-0.39, 0.29) is 6.04 Å². The SMILES string of the molecule is CC(N)Cc1c(C2CC2)cnn1C. The van der Waals surface area contributed by atoms with Crippen molar-refractivity contribution in [2.45, 2.75) is 38.1 Å². The van der Waals surface area contributed by atoms with Crippen molar-refractivity contribution in [3.63, 3.8) is 0 Å². The fourth-order valence-corrected chi connectivity index (χ4v) is 1.77. The lowest BCUT2D eigenvalue weighted by Crippen LogP contribution is -2.20. The van der Waals surface area contributed by atoms with Crippen LogP contribution in [0.4, 0.5) is 0 Å². The van der Waals surface area contributed by atoms with Crippen molar-refractivity contribution in [1.82, 2.24) is 9.78 Å². The lowest BCUT2D eigenvalue weighted by atomic mass is 10.1. The van der Waals surface area contributed by atoms with Gasteiger partial charge in [0, 0.05) is 25.2 Å². The molecule has 1 aliphatic rings. The maximum absolute atomic E-state index is 5.80. The molecular weight excluding hydrogens is 162 g/mol. The molecule has 1 saturated carbocycles. The number of hydrogen-bond acceptors (Lipinski definition) is 2. The predicted molar refractivity (Wildman–Crippen MR) is 52.5 cm³/mol. The van der Waals surface area contributed by atoms with Gasteiger partial charge in [-0.1, -0.05) is 0 Å². The van der Waals surface area contributed by atoms with Gasteiger partial charge in [-0.05, 0) is 31.2 Å². The van der Waals surface area contributed by atoms with Crippen LogP contribution in [-0.2, 0) is 13.5 Å². The van der Waals surface area contributed by atoms with Crippen LogP contribution < -0.4 is 5.73 Å². The molecular formula is C10H17N3. The van der Waals surface area contributed by atoms with Crippen molar-refractivity contribution in [3.8, 4) is 0 Å². The van der Waals surface area contributed by atoms with Crippen LogP contribution in [0.5, 0.6) is 0 Å². The average molecular weight is 179 g/mol. The van der Waals surface area contributed by atoms with Crippen LogP contribution in [-0.4, -0.2) is 15.8 Å². The van der Waals surface area contributed by atoms with Crippen LogP contribution in [0.2, 0.25) is 0 Å². The van der Waals surface area contributed by atoms with Crippen LogP contribution in [0.15, 0.2) is 6.20 Å². The van der Waals surface area contributed by atoms with Crippen LogP contribution >= 0.6 is 0 Å². The molecule has 0 radical (unpaired) electrons. The largest absolute Gasteiger partial charge is 0.328 e. The predicted octanol–water partition coefficient (Wildman–Crippen LogP) is 1.19. The Morgan fingerprint density at radius 3 is 2.92 bits per heavy atom. The molecule has 1 unspecified atom stereocenters. The fourth-order valence-electron chi connectivity index (χ4n) is 1.77. The van der Waals surface area contributed by atoms with Gasteiger partial charge >= 0.3 is 0 Å². The molecule has 0 bridgehead atoms. The van der Waals surface area contributed by atoms with Crippen LogP contribution in [0.3, 0.4) is 0 Å². The van der Waals surface area contributed by atoms with Gasteiger partial charge < -0.3 is 5.73 Å². The summed E-state index contributed by atoms with van der Waals surface area (Å²) in [5.74, 6) is 0.780. The number of aromatic nitrogens is 2. The Morgan fingerprint density at radius 2 is 2.38 bits per heavy atom. The molecule has 0 saturated heterocycles. The van der Waals surface area contributed by atoms with Gasteiger partial charge in [0.25, 0.3) is 0 Å². The second-order valence-electron chi connectivity index (χ2n) is 4.13. The molecule has 0 amide bonds.